The highest BCUT2D eigenvalue weighted by Gasteiger charge is 2.23. The van der Waals surface area contributed by atoms with Crippen molar-refractivity contribution in [2.75, 3.05) is 24.5 Å². The van der Waals surface area contributed by atoms with E-state index < -0.39 is 5.97 Å². The maximum absolute atomic E-state index is 10.9. The van der Waals surface area contributed by atoms with Gasteiger partial charge in [-0.3, -0.25) is 0 Å². The summed E-state index contributed by atoms with van der Waals surface area (Å²) in [5, 5.41) is 12.2. The smallest absolute Gasteiger partial charge is 0.354 e. The standard InChI is InChI=1S/C11H16N4O2/c1-2-8-7-12-5-6-15(8)11-13-4-3-9(14-11)10(16)17/h3-4,8,12H,2,5-7H2,1H3,(H,16,17). The van der Waals surface area contributed by atoms with Crippen molar-refractivity contribution >= 4 is 11.9 Å². The predicted octanol–water partition coefficient (Wildman–Crippen LogP) is 0.363. The minimum absolute atomic E-state index is 0.0448. The molecule has 2 N–H and O–H groups in total. The van der Waals surface area contributed by atoms with Crippen molar-refractivity contribution in [3.05, 3.63) is 18.0 Å². The second kappa shape index (κ2) is 5.09. The zero-order chi connectivity index (χ0) is 12.3. The van der Waals surface area contributed by atoms with Crippen LogP contribution in [0.4, 0.5) is 5.95 Å². The highest BCUT2D eigenvalue weighted by atomic mass is 16.4. The van der Waals surface area contributed by atoms with Crippen LogP contribution in [0.5, 0.6) is 0 Å². The maximum atomic E-state index is 10.9. The molecule has 0 radical (unpaired) electrons. The summed E-state index contributed by atoms with van der Waals surface area (Å²) in [6.45, 7) is 4.67. The number of carbonyl (C=O) groups is 1. The van der Waals surface area contributed by atoms with Gasteiger partial charge in [0.15, 0.2) is 5.69 Å². The van der Waals surface area contributed by atoms with Crippen LogP contribution in [0.3, 0.4) is 0 Å². The first-order valence-electron chi connectivity index (χ1n) is 5.76. The number of aromatic carboxylic acids is 1. The van der Waals surface area contributed by atoms with Gasteiger partial charge in [0.2, 0.25) is 5.95 Å². The largest absolute Gasteiger partial charge is 0.477 e. The van der Waals surface area contributed by atoms with Gasteiger partial charge in [0.25, 0.3) is 0 Å². The lowest BCUT2D eigenvalue weighted by atomic mass is 10.1. The Balaban J connectivity index is 2.25. The van der Waals surface area contributed by atoms with E-state index in [-0.39, 0.29) is 5.69 Å². The van der Waals surface area contributed by atoms with Gasteiger partial charge in [0, 0.05) is 31.9 Å². The van der Waals surface area contributed by atoms with Crippen LogP contribution in [0.1, 0.15) is 23.8 Å². The van der Waals surface area contributed by atoms with E-state index in [1.165, 1.54) is 12.3 Å². The van der Waals surface area contributed by atoms with E-state index in [0.717, 1.165) is 26.1 Å². The van der Waals surface area contributed by atoms with Crippen molar-refractivity contribution in [2.45, 2.75) is 19.4 Å². The number of nitrogens with zero attached hydrogens (tertiary/aromatic N) is 3. The van der Waals surface area contributed by atoms with Crippen molar-refractivity contribution in [1.82, 2.24) is 15.3 Å². The molecule has 1 aromatic rings. The summed E-state index contributed by atoms with van der Waals surface area (Å²) in [5.41, 5.74) is 0.0448. The first-order valence-corrected chi connectivity index (χ1v) is 5.76. The van der Waals surface area contributed by atoms with E-state index in [1.54, 1.807) is 0 Å². The molecule has 0 aromatic carbocycles. The van der Waals surface area contributed by atoms with Crippen molar-refractivity contribution in [1.29, 1.82) is 0 Å². The fraction of sp³-hybridized carbons (Fsp3) is 0.545. The zero-order valence-electron chi connectivity index (χ0n) is 9.76. The number of aromatic nitrogens is 2. The summed E-state index contributed by atoms with van der Waals surface area (Å²) < 4.78 is 0. The van der Waals surface area contributed by atoms with Crippen LogP contribution < -0.4 is 10.2 Å². The second-order valence-corrected chi connectivity index (χ2v) is 4.01. The minimum atomic E-state index is -1.02. The van der Waals surface area contributed by atoms with E-state index >= 15 is 0 Å². The number of hydrogen-bond acceptors (Lipinski definition) is 5. The molecule has 92 valence electrons. The van der Waals surface area contributed by atoms with Crippen molar-refractivity contribution in [3.63, 3.8) is 0 Å². The van der Waals surface area contributed by atoms with Crippen LogP contribution in [0, 0.1) is 0 Å². The first kappa shape index (κ1) is 11.8. The highest BCUT2D eigenvalue weighted by molar-refractivity contribution is 5.85. The predicted molar refractivity (Wildman–Crippen MR) is 63.3 cm³/mol. The first-order chi connectivity index (χ1) is 8.22. The highest BCUT2D eigenvalue weighted by Crippen LogP contribution is 2.15. The Morgan fingerprint density at radius 2 is 2.53 bits per heavy atom. The van der Waals surface area contributed by atoms with Gasteiger partial charge < -0.3 is 15.3 Å². The number of hydrogen-bond donors (Lipinski definition) is 2. The summed E-state index contributed by atoms with van der Waals surface area (Å²) in [4.78, 5) is 21.2. The summed E-state index contributed by atoms with van der Waals surface area (Å²) >= 11 is 0. The molecule has 0 aliphatic carbocycles. The number of anilines is 1. The number of rotatable bonds is 3. The molecule has 1 aromatic heterocycles. The van der Waals surface area contributed by atoms with Crippen LogP contribution in [-0.2, 0) is 0 Å². The van der Waals surface area contributed by atoms with Gasteiger partial charge in [-0.2, -0.15) is 0 Å². The topological polar surface area (TPSA) is 78.4 Å². The molecule has 1 unspecified atom stereocenters. The molecular weight excluding hydrogens is 220 g/mol. The number of piperazine rings is 1. The van der Waals surface area contributed by atoms with Gasteiger partial charge in [0.05, 0.1) is 0 Å². The molecule has 6 nitrogen and oxygen atoms in total. The molecule has 1 saturated heterocycles. The molecule has 0 saturated carbocycles. The Morgan fingerprint density at radius 3 is 3.24 bits per heavy atom. The average Bonchev–Trinajstić information content (AvgIpc) is 2.39. The Bertz CT molecular complexity index is 410. The Labute approximate surface area is 99.7 Å². The summed E-state index contributed by atoms with van der Waals surface area (Å²) in [7, 11) is 0. The summed E-state index contributed by atoms with van der Waals surface area (Å²) in [5.74, 6) is -0.505. The lowest BCUT2D eigenvalue weighted by Crippen LogP contribution is -2.51. The molecule has 2 heterocycles. The van der Waals surface area contributed by atoms with Crippen LogP contribution in [0.15, 0.2) is 12.3 Å². The van der Waals surface area contributed by atoms with Gasteiger partial charge in [-0.25, -0.2) is 14.8 Å². The molecule has 0 bridgehead atoms. The molecule has 1 aliphatic heterocycles. The van der Waals surface area contributed by atoms with Gasteiger partial charge in [-0.05, 0) is 12.5 Å². The van der Waals surface area contributed by atoms with Gasteiger partial charge in [-0.1, -0.05) is 6.92 Å². The molecule has 1 fully saturated rings. The third kappa shape index (κ3) is 2.52. The van der Waals surface area contributed by atoms with E-state index in [0.29, 0.717) is 12.0 Å². The van der Waals surface area contributed by atoms with Gasteiger partial charge in [-0.15, -0.1) is 0 Å². The number of carboxylic acids is 1. The molecule has 1 atom stereocenters. The Kier molecular flexibility index (Phi) is 3.53. The molecule has 2 rings (SSSR count). The van der Waals surface area contributed by atoms with E-state index in [4.69, 9.17) is 5.11 Å². The van der Waals surface area contributed by atoms with Crippen LogP contribution in [0.2, 0.25) is 0 Å². The molecule has 6 heteroatoms. The fourth-order valence-electron chi connectivity index (χ4n) is 1.99. The molecule has 0 amide bonds. The van der Waals surface area contributed by atoms with Gasteiger partial charge in [0.1, 0.15) is 0 Å². The van der Waals surface area contributed by atoms with Crippen molar-refractivity contribution in [2.24, 2.45) is 0 Å². The molecule has 1 aliphatic rings. The molecular formula is C11H16N4O2. The third-order valence-electron chi connectivity index (χ3n) is 2.94. The quantitative estimate of drug-likeness (QED) is 0.789. The SMILES string of the molecule is CCC1CNCCN1c1nccc(C(=O)O)n1. The zero-order valence-corrected chi connectivity index (χ0v) is 9.76. The minimum Gasteiger partial charge on any atom is -0.477 e. The van der Waals surface area contributed by atoms with Crippen LogP contribution in [-0.4, -0.2) is 46.7 Å². The maximum Gasteiger partial charge on any atom is 0.354 e. The third-order valence-corrected chi connectivity index (χ3v) is 2.94. The van der Waals surface area contributed by atoms with E-state index in [2.05, 4.69) is 27.1 Å². The average molecular weight is 236 g/mol. The van der Waals surface area contributed by atoms with Crippen LogP contribution in [0.25, 0.3) is 0 Å². The lowest BCUT2D eigenvalue weighted by Gasteiger charge is -2.35. The monoisotopic (exact) mass is 236 g/mol. The molecule has 17 heavy (non-hydrogen) atoms. The normalized spacial score (nSPS) is 20.3. The van der Waals surface area contributed by atoms with Crippen molar-refractivity contribution < 1.29 is 9.90 Å². The van der Waals surface area contributed by atoms with Crippen molar-refractivity contribution in [3.8, 4) is 0 Å². The van der Waals surface area contributed by atoms with Gasteiger partial charge >= 0.3 is 5.97 Å². The summed E-state index contributed by atoms with van der Waals surface area (Å²) in [6.07, 6.45) is 2.48. The number of carboxylic acid groups (broad SMARTS) is 1. The van der Waals surface area contributed by atoms with Crippen LogP contribution >= 0.6 is 0 Å². The fourth-order valence-corrected chi connectivity index (χ4v) is 1.99. The summed E-state index contributed by atoms with van der Waals surface area (Å²) in [6, 6.07) is 1.74. The Morgan fingerprint density at radius 1 is 1.71 bits per heavy atom. The number of nitrogens with one attached hydrogen (secondary N) is 1. The Hall–Kier alpha value is -1.69. The molecule has 0 spiro atoms. The lowest BCUT2D eigenvalue weighted by molar-refractivity contribution is 0.0690. The van der Waals surface area contributed by atoms with E-state index in [1.807, 2.05) is 0 Å². The second-order valence-electron chi connectivity index (χ2n) is 4.01. The van der Waals surface area contributed by atoms with E-state index in [9.17, 15) is 4.79 Å².